The Bertz CT molecular complexity index is 851. The van der Waals surface area contributed by atoms with Gasteiger partial charge in [0.15, 0.2) is 0 Å². The molecule has 27 heavy (non-hydrogen) atoms. The van der Waals surface area contributed by atoms with E-state index < -0.39 is 0 Å². The van der Waals surface area contributed by atoms with Gasteiger partial charge in [0.2, 0.25) is 0 Å². The van der Waals surface area contributed by atoms with Crippen LogP contribution in [-0.4, -0.2) is 33.7 Å². The molecule has 1 aromatic carbocycles. The van der Waals surface area contributed by atoms with E-state index in [1.54, 1.807) is 24.3 Å². The van der Waals surface area contributed by atoms with Crippen LogP contribution in [0.25, 0.3) is 0 Å². The van der Waals surface area contributed by atoms with Gasteiger partial charge < -0.3 is 4.90 Å². The number of rotatable bonds is 4. The Hall–Kier alpha value is -2.61. The van der Waals surface area contributed by atoms with Gasteiger partial charge in [0, 0.05) is 24.3 Å². The maximum absolute atomic E-state index is 12.8. The van der Waals surface area contributed by atoms with Crippen molar-refractivity contribution in [1.29, 1.82) is 5.26 Å². The maximum atomic E-state index is 12.8. The van der Waals surface area contributed by atoms with Gasteiger partial charge in [-0.1, -0.05) is 33.8 Å². The SMILES string of the molecule is CC(C)c1cc(C(C)C)n(C2CCN(C(=O)c3cccc(C#N)c3)CC2)n1. The van der Waals surface area contributed by atoms with Crippen molar-refractivity contribution in [1.82, 2.24) is 14.7 Å². The summed E-state index contributed by atoms with van der Waals surface area (Å²) in [4.78, 5) is 14.7. The van der Waals surface area contributed by atoms with Crippen molar-refractivity contribution in [2.24, 2.45) is 0 Å². The summed E-state index contributed by atoms with van der Waals surface area (Å²) in [5.74, 6) is 0.856. The summed E-state index contributed by atoms with van der Waals surface area (Å²) in [5, 5.41) is 13.9. The van der Waals surface area contributed by atoms with Crippen LogP contribution >= 0.6 is 0 Å². The van der Waals surface area contributed by atoms with E-state index in [2.05, 4.69) is 44.5 Å². The quantitative estimate of drug-likeness (QED) is 0.803. The standard InChI is InChI=1S/C22H28N4O/c1-15(2)20-13-21(16(3)4)26(24-20)19-8-10-25(11-9-19)22(27)18-7-5-6-17(12-18)14-23/h5-7,12-13,15-16,19H,8-11H2,1-4H3. The Morgan fingerprint density at radius 1 is 1.15 bits per heavy atom. The average Bonchev–Trinajstić information content (AvgIpc) is 3.14. The molecular formula is C22H28N4O. The summed E-state index contributed by atoms with van der Waals surface area (Å²) in [7, 11) is 0. The first kappa shape index (κ1) is 19.2. The number of hydrogen-bond donors (Lipinski definition) is 0. The van der Waals surface area contributed by atoms with Crippen molar-refractivity contribution in [2.75, 3.05) is 13.1 Å². The van der Waals surface area contributed by atoms with Crippen LogP contribution in [0, 0.1) is 11.3 Å². The molecule has 1 amide bonds. The van der Waals surface area contributed by atoms with Gasteiger partial charge in [-0.25, -0.2) is 0 Å². The number of hydrogen-bond acceptors (Lipinski definition) is 3. The normalized spacial score (nSPS) is 15.4. The molecule has 3 rings (SSSR count). The molecule has 1 aromatic heterocycles. The number of amides is 1. The van der Waals surface area contributed by atoms with Gasteiger partial charge >= 0.3 is 0 Å². The first-order valence-corrected chi connectivity index (χ1v) is 9.79. The molecule has 5 nitrogen and oxygen atoms in total. The van der Waals surface area contributed by atoms with Crippen LogP contribution in [0.15, 0.2) is 30.3 Å². The third-order valence-corrected chi connectivity index (χ3v) is 5.30. The van der Waals surface area contributed by atoms with Gasteiger partial charge in [-0.3, -0.25) is 9.48 Å². The molecule has 0 unspecified atom stereocenters. The van der Waals surface area contributed by atoms with Crippen molar-refractivity contribution in [2.45, 2.75) is 58.4 Å². The number of nitriles is 1. The van der Waals surface area contributed by atoms with E-state index in [-0.39, 0.29) is 5.91 Å². The zero-order valence-corrected chi connectivity index (χ0v) is 16.6. The Labute approximate surface area is 161 Å². The second-order valence-electron chi connectivity index (χ2n) is 7.96. The van der Waals surface area contributed by atoms with Crippen LogP contribution in [0.4, 0.5) is 0 Å². The molecule has 2 aromatic rings. The lowest BCUT2D eigenvalue weighted by atomic mass is 10.0. The fourth-order valence-electron chi connectivity index (χ4n) is 3.65. The van der Waals surface area contributed by atoms with E-state index in [4.69, 9.17) is 10.4 Å². The molecule has 0 N–H and O–H groups in total. The van der Waals surface area contributed by atoms with E-state index in [1.165, 1.54) is 5.69 Å². The highest BCUT2D eigenvalue weighted by Crippen LogP contribution is 2.29. The molecule has 142 valence electrons. The van der Waals surface area contributed by atoms with Crippen molar-refractivity contribution < 1.29 is 4.79 Å². The molecule has 0 radical (unpaired) electrons. The first-order chi connectivity index (χ1) is 12.9. The Morgan fingerprint density at radius 3 is 2.44 bits per heavy atom. The lowest BCUT2D eigenvalue weighted by molar-refractivity contribution is 0.0688. The van der Waals surface area contributed by atoms with Crippen molar-refractivity contribution in [3.63, 3.8) is 0 Å². The third-order valence-electron chi connectivity index (χ3n) is 5.30. The zero-order chi connectivity index (χ0) is 19.6. The predicted molar refractivity (Wildman–Crippen MR) is 106 cm³/mol. The van der Waals surface area contributed by atoms with Gasteiger partial charge in [0.25, 0.3) is 5.91 Å². The van der Waals surface area contributed by atoms with E-state index in [0.29, 0.717) is 42.1 Å². The highest BCUT2D eigenvalue weighted by atomic mass is 16.2. The van der Waals surface area contributed by atoms with Crippen LogP contribution in [0.3, 0.4) is 0 Å². The topological polar surface area (TPSA) is 61.9 Å². The lowest BCUT2D eigenvalue weighted by Gasteiger charge is -2.33. The monoisotopic (exact) mass is 364 g/mol. The molecule has 1 aliphatic heterocycles. The summed E-state index contributed by atoms with van der Waals surface area (Å²) in [6.07, 6.45) is 1.81. The zero-order valence-electron chi connectivity index (χ0n) is 16.6. The van der Waals surface area contributed by atoms with Crippen LogP contribution in [-0.2, 0) is 0 Å². The number of nitrogens with zero attached hydrogens (tertiary/aromatic N) is 4. The minimum Gasteiger partial charge on any atom is -0.338 e. The molecule has 0 bridgehead atoms. The maximum Gasteiger partial charge on any atom is 0.253 e. The van der Waals surface area contributed by atoms with Crippen LogP contribution in [0.1, 0.15) is 85.7 Å². The molecule has 0 spiro atoms. The summed E-state index contributed by atoms with van der Waals surface area (Å²) in [5.41, 5.74) is 3.54. The minimum atomic E-state index is 0.0120. The van der Waals surface area contributed by atoms with Crippen LogP contribution < -0.4 is 0 Å². The van der Waals surface area contributed by atoms with Crippen molar-refractivity contribution in [3.8, 4) is 6.07 Å². The fraction of sp³-hybridized carbons (Fsp3) is 0.500. The number of aromatic nitrogens is 2. The highest BCUT2D eigenvalue weighted by molar-refractivity contribution is 5.94. The van der Waals surface area contributed by atoms with Crippen LogP contribution in [0.5, 0.6) is 0 Å². The molecule has 0 saturated carbocycles. The lowest BCUT2D eigenvalue weighted by Crippen LogP contribution is -2.39. The summed E-state index contributed by atoms with van der Waals surface area (Å²) in [6, 6.07) is 11.6. The highest BCUT2D eigenvalue weighted by Gasteiger charge is 2.27. The second-order valence-corrected chi connectivity index (χ2v) is 7.96. The van der Waals surface area contributed by atoms with Crippen molar-refractivity contribution in [3.05, 3.63) is 52.8 Å². The van der Waals surface area contributed by atoms with E-state index in [9.17, 15) is 4.79 Å². The van der Waals surface area contributed by atoms with Crippen LogP contribution in [0.2, 0.25) is 0 Å². The predicted octanol–water partition coefficient (Wildman–Crippen LogP) is 4.48. The molecular weight excluding hydrogens is 336 g/mol. The van der Waals surface area contributed by atoms with Gasteiger partial charge in [-0.05, 0) is 48.9 Å². The second kappa shape index (κ2) is 7.96. The Balaban J connectivity index is 1.72. The molecule has 1 fully saturated rings. The smallest absolute Gasteiger partial charge is 0.253 e. The largest absolute Gasteiger partial charge is 0.338 e. The van der Waals surface area contributed by atoms with Gasteiger partial charge in [0.05, 0.1) is 23.4 Å². The summed E-state index contributed by atoms with van der Waals surface area (Å²) in [6.45, 7) is 10.2. The molecule has 0 aliphatic carbocycles. The molecule has 5 heteroatoms. The number of likely N-dealkylation sites (tertiary alicyclic amines) is 1. The third kappa shape index (κ3) is 4.05. The van der Waals surface area contributed by atoms with E-state index >= 15 is 0 Å². The number of carbonyl (C=O) groups is 1. The van der Waals surface area contributed by atoms with Gasteiger partial charge in [-0.2, -0.15) is 10.4 Å². The molecule has 1 aliphatic rings. The van der Waals surface area contributed by atoms with E-state index in [0.717, 1.165) is 18.5 Å². The minimum absolute atomic E-state index is 0.0120. The fourth-order valence-corrected chi connectivity index (χ4v) is 3.65. The summed E-state index contributed by atoms with van der Waals surface area (Å²) < 4.78 is 2.21. The average molecular weight is 364 g/mol. The van der Waals surface area contributed by atoms with Gasteiger partial charge in [-0.15, -0.1) is 0 Å². The Morgan fingerprint density at radius 2 is 1.85 bits per heavy atom. The van der Waals surface area contributed by atoms with Crippen molar-refractivity contribution >= 4 is 5.91 Å². The molecule has 1 saturated heterocycles. The Kier molecular flexibility index (Phi) is 5.65. The van der Waals surface area contributed by atoms with E-state index in [1.807, 2.05) is 4.90 Å². The first-order valence-electron chi connectivity index (χ1n) is 9.79. The number of benzene rings is 1. The summed E-state index contributed by atoms with van der Waals surface area (Å²) >= 11 is 0. The van der Waals surface area contributed by atoms with Gasteiger partial charge in [0.1, 0.15) is 0 Å². The molecule has 2 heterocycles. The number of piperidine rings is 1. The number of carbonyl (C=O) groups excluding carboxylic acids is 1. The molecule has 0 atom stereocenters.